The molecule has 2 atom stereocenters. The van der Waals surface area contributed by atoms with Crippen molar-refractivity contribution in [2.45, 2.75) is 51.4 Å². The van der Waals surface area contributed by atoms with Crippen molar-refractivity contribution >= 4 is 0 Å². The second kappa shape index (κ2) is 6.92. The average molecular weight is 263 g/mol. The van der Waals surface area contributed by atoms with Gasteiger partial charge in [0.2, 0.25) is 0 Å². The molecule has 0 heterocycles. The molecule has 1 aromatic carbocycles. The zero-order valence-electron chi connectivity index (χ0n) is 12.2. The summed E-state index contributed by atoms with van der Waals surface area (Å²) < 4.78 is 11.8. The first-order chi connectivity index (χ1) is 9.24. The molecule has 3 heteroatoms. The summed E-state index contributed by atoms with van der Waals surface area (Å²) >= 11 is 0. The van der Waals surface area contributed by atoms with Crippen LogP contribution in [0.25, 0.3) is 0 Å². The first-order valence-electron chi connectivity index (χ1n) is 7.17. The number of hydrogen-bond donors (Lipinski definition) is 1. The van der Waals surface area contributed by atoms with Gasteiger partial charge in [0.15, 0.2) is 0 Å². The maximum atomic E-state index is 6.28. The van der Waals surface area contributed by atoms with Gasteiger partial charge in [0.25, 0.3) is 0 Å². The fourth-order valence-electron chi connectivity index (χ4n) is 2.80. The molecule has 1 aliphatic carbocycles. The molecule has 0 aromatic heterocycles. The molecule has 2 unspecified atom stereocenters. The van der Waals surface area contributed by atoms with Crippen LogP contribution in [0, 0.1) is 6.92 Å². The average Bonchev–Trinajstić information content (AvgIpc) is 2.43. The van der Waals surface area contributed by atoms with Crippen LogP contribution in [-0.4, -0.2) is 26.4 Å². The second-order valence-electron chi connectivity index (χ2n) is 5.36. The molecule has 2 rings (SSSR count). The van der Waals surface area contributed by atoms with Crippen LogP contribution in [0.4, 0.5) is 0 Å². The minimum absolute atomic E-state index is 0.287. The van der Waals surface area contributed by atoms with Crippen LogP contribution in [0.3, 0.4) is 0 Å². The van der Waals surface area contributed by atoms with E-state index in [1.54, 1.807) is 7.11 Å². The molecule has 0 amide bonds. The summed E-state index contributed by atoms with van der Waals surface area (Å²) in [5.41, 5.74) is 2.45. The van der Waals surface area contributed by atoms with Crippen LogP contribution in [0.5, 0.6) is 5.75 Å². The summed E-state index contributed by atoms with van der Waals surface area (Å²) in [5, 5.41) is 3.20. The smallest absolute Gasteiger partial charge is 0.127 e. The Morgan fingerprint density at radius 2 is 2.05 bits per heavy atom. The first kappa shape index (κ1) is 14.4. The fourth-order valence-corrected chi connectivity index (χ4v) is 2.80. The lowest BCUT2D eigenvalue weighted by Gasteiger charge is -2.30. The molecule has 0 spiro atoms. The molecule has 106 valence electrons. The number of nitrogens with one attached hydrogen (secondary N) is 1. The number of methoxy groups -OCH3 is 1. The third-order valence-corrected chi connectivity index (χ3v) is 3.86. The van der Waals surface area contributed by atoms with Gasteiger partial charge in [0.05, 0.1) is 6.10 Å². The highest BCUT2D eigenvalue weighted by Gasteiger charge is 2.24. The lowest BCUT2D eigenvalue weighted by Crippen LogP contribution is -2.30. The molecule has 0 radical (unpaired) electrons. The van der Waals surface area contributed by atoms with Crippen molar-refractivity contribution in [3.8, 4) is 5.75 Å². The summed E-state index contributed by atoms with van der Waals surface area (Å²) in [5.74, 6) is 1.05. The number of hydrogen-bond acceptors (Lipinski definition) is 3. The van der Waals surface area contributed by atoms with E-state index < -0.39 is 0 Å². The highest BCUT2D eigenvalue weighted by atomic mass is 16.5. The second-order valence-corrected chi connectivity index (χ2v) is 5.36. The highest BCUT2D eigenvalue weighted by molar-refractivity contribution is 5.40. The maximum Gasteiger partial charge on any atom is 0.127 e. The van der Waals surface area contributed by atoms with E-state index in [0.29, 0.717) is 6.10 Å². The molecular weight excluding hydrogens is 238 g/mol. The van der Waals surface area contributed by atoms with Crippen LogP contribution >= 0.6 is 0 Å². The van der Waals surface area contributed by atoms with Gasteiger partial charge in [-0.15, -0.1) is 0 Å². The quantitative estimate of drug-likeness (QED) is 0.885. The molecule has 0 saturated heterocycles. The predicted octanol–water partition coefficient (Wildman–Crippen LogP) is 3.05. The predicted molar refractivity (Wildman–Crippen MR) is 77.6 cm³/mol. The lowest BCUT2D eigenvalue weighted by atomic mass is 9.94. The van der Waals surface area contributed by atoms with E-state index in [4.69, 9.17) is 9.47 Å². The number of para-hydroxylation sites is 1. The molecule has 1 aliphatic rings. The third kappa shape index (κ3) is 3.71. The van der Waals surface area contributed by atoms with Crippen LogP contribution in [0.15, 0.2) is 18.2 Å². The number of ether oxygens (including phenoxy) is 2. The van der Waals surface area contributed by atoms with E-state index >= 15 is 0 Å². The minimum atomic E-state index is 0.287. The Morgan fingerprint density at radius 3 is 2.79 bits per heavy atom. The van der Waals surface area contributed by atoms with E-state index in [1.165, 1.54) is 17.5 Å². The maximum absolute atomic E-state index is 6.28. The summed E-state index contributed by atoms with van der Waals surface area (Å²) in [7, 11) is 3.76. The van der Waals surface area contributed by atoms with Gasteiger partial charge in [-0.2, -0.15) is 0 Å². The Bertz CT molecular complexity index is 406. The normalized spacial score (nSPS) is 23.3. The van der Waals surface area contributed by atoms with Gasteiger partial charge in [-0.25, -0.2) is 0 Å². The Morgan fingerprint density at radius 1 is 1.26 bits per heavy atom. The zero-order chi connectivity index (χ0) is 13.7. The van der Waals surface area contributed by atoms with E-state index in [-0.39, 0.29) is 6.10 Å². The number of rotatable bonds is 5. The van der Waals surface area contributed by atoms with Crippen LogP contribution in [0.1, 0.15) is 36.8 Å². The van der Waals surface area contributed by atoms with Crippen molar-refractivity contribution in [2.24, 2.45) is 0 Å². The summed E-state index contributed by atoms with van der Waals surface area (Å²) in [6.45, 7) is 2.96. The van der Waals surface area contributed by atoms with Crippen molar-refractivity contribution < 1.29 is 9.47 Å². The Kier molecular flexibility index (Phi) is 5.23. The molecule has 19 heavy (non-hydrogen) atoms. The Labute approximate surface area is 116 Å². The highest BCUT2D eigenvalue weighted by Crippen LogP contribution is 2.29. The lowest BCUT2D eigenvalue weighted by molar-refractivity contribution is 0.0204. The third-order valence-electron chi connectivity index (χ3n) is 3.86. The van der Waals surface area contributed by atoms with Gasteiger partial charge in [-0.3, -0.25) is 0 Å². The van der Waals surface area contributed by atoms with E-state index in [1.807, 2.05) is 7.05 Å². The van der Waals surface area contributed by atoms with Crippen molar-refractivity contribution in [2.75, 3.05) is 14.2 Å². The van der Waals surface area contributed by atoms with E-state index in [0.717, 1.165) is 31.6 Å². The van der Waals surface area contributed by atoms with Gasteiger partial charge in [-0.1, -0.05) is 18.2 Å². The van der Waals surface area contributed by atoms with E-state index in [2.05, 4.69) is 30.4 Å². The van der Waals surface area contributed by atoms with Crippen molar-refractivity contribution in [1.29, 1.82) is 0 Å². The van der Waals surface area contributed by atoms with Gasteiger partial charge in [0.1, 0.15) is 11.9 Å². The molecule has 3 nitrogen and oxygen atoms in total. The van der Waals surface area contributed by atoms with Crippen LogP contribution in [0.2, 0.25) is 0 Å². The molecule has 0 bridgehead atoms. The molecule has 1 aromatic rings. The van der Waals surface area contributed by atoms with E-state index in [9.17, 15) is 0 Å². The summed E-state index contributed by atoms with van der Waals surface area (Å²) in [4.78, 5) is 0. The Hall–Kier alpha value is -1.06. The zero-order valence-corrected chi connectivity index (χ0v) is 12.2. The van der Waals surface area contributed by atoms with Gasteiger partial charge in [-0.05, 0) is 38.8 Å². The number of aryl methyl sites for hydroxylation is 1. The molecular formula is C16H25NO2. The van der Waals surface area contributed by atoms with Crippen molar-refractivity contribution in [3.63, 3.8) is 0 Å². The largest absolute Gasteiger partial charge is 0.490 e. The van der Waals surface area contributed by atoms with Gasteiger partial charge in [0, 0.05) is 25.6 Å². The standard InChI is InChI=1S/C16H25NO2/c1-12-6-4-7-13(11-17-2)16(12)19-15-9-5-8-14(10-15)18-3/h4,6-7,14-15,17H,5,8-11H2,1-3H3. The molecule has 1 N–H and O–H groups in total. The summed E-state index contributed by atoms with van der Waals surface area (Å²) in [6.07, 6.45) is 5.13. The SMILES string of the molecule is CNCc1cccc(C)c1OC1CCCC(OC)C1. The van der Waals surface area contributed by atoms with Crippen LogP contribution in [-0.2, 0) is 11.3 Å². The molecule has 1 fully saturated rings. The molecule has 1 saturated carbocycles. The Balaban J connectivity index is 2.09. The minimum Gasteiger partial charge on any atom is -0.490 e. The van der Waals surface area contributed by atoms with Crippen molar-refractivity contribution in [1.82, 2.24) is 5.32 Å². The summed E-state index contributed by atoms with van der Waals surface area (Å²) in [6, 6.07) is 6.34. The topological polar surface area (TPSA) is 30.5 Å². The van der Waals surface area contributed by atoms with Gasteiger partial charge >= 0.3 is 0 Å². The monoisotopic (exact) mass is 263 g/mol. The van der Waals surface area contributed by atoms with Crippen molar-refractivity contribution in [3.05, 3.63) is 29.3 Å². The first-order valence-corrected chi connectivity index (χ1v) is 7.17. The van der Waals surface area contributed by atoms with Crippen LogP contribution < -0.4 is 10.1 Å². The van der Waals surface area contributed by atoms with Gasteiger partial charge < -0.3 is 14.8 Å². The fraction of sp³-hybridized carbons (Fsp3) is 0.625. The molecule has 0 aliphatic heterocycles. The number of benzene rings is 1.